The maximum Gasteiger partial charge on any atom is 0.256 e. The van der Waals surface area contributed by atoms with Gasteiger partial charge in [0, 0.05) is 55.5 Å². The lowest BCUT2D eigenvalue weighted by molar-refractivity contribution is -0.127. The smallest absolute Gasteiger partial charge is 0.256 e. The van der Waals surface area contributed by atoms with Crippen LogP contribution in [0.5, 0.6) is 0 Å². The highest BCUT2D eigenvalue weighted by molar-refractivity contribution is 6.04. The lowest BCUT2D eigenvalue weighted by Gasteiger charge is -2.25. The van der Waals surface area contributed by atoms with Crippen LogP contribution in [0.25, 0.3) is 16.8 Å². The molecule has 4 aromatic rings. The molecule has 0 radical (unpaired) electrons. The number of ether oxygens (including phenoxy) is 1. The quantitative estimate of drug-likeness (QED) is 0.328. The van der Waals surface area contributed by atoms with E-state index in [0.29, 0.717) is 47.3 Å². The number of rotatable bonds is 9. The van der Waals surface area contributed by atoms with Crippen molar-refractivity contribution in [2.75, 3.05) is 31.8 Å². The van der Waals surface area contributed by atoms with Crippen molar-refractivity contribution in [1.29, 1.82) is 0 Å². The maximum absolute atomic E-state index is 12.8. The Morgan fingerprint density at radius 3 is 2.74 bits per heavy atom. The topological polar surface area (TPSA) is 128 Å². The number of carbonyl (C=O) groups is 2. The van der Waals surface area contributed by atoms with E-state index in [4.69, 9.17) is 15.5 Å². The van der Waals surface area contributed by atoms with Crippen molar-refractivity contribution in [2.24, 2.45) is 0 Å². The molecule has 0 bridgehead atoms. The monoisotopic (exact) mass is 511 g/mol. The molecule has 4 rings (SSSR count). The molecule has 10 heteroatoms. The summed E-state index contributed by atoms with van der Waals surface area (Å²) in [4.78, 5) is 40.3. The number of benzene rings is 1. The first-order valence-electron chi connectivity index (χ1n) is 12.1. The van der Waals surface area contributed by atoms with Crippen molar-refractivity contribution in [3.05, 3.63) is 84.1 Å². The van der Waals surface area contributed by atoms with E-state index < -0.39 is 0 Å². The third-order valence-corrected chi connectivity index (χ3v) is 6.08. The van der Waals surface area contributed by atoms with Gasteiger partial charge in [-0.1, -0.05) is 25.1 Å². The Bertz CT molecular complexity index is 1480. The molecule has 2 amide bonds. The van der Waals surface area contributed by atoms with Gasteiger partial charge in [-0.2, -0.15) is 4.98 Å². The van der Waals surface area contributed by atoms with E-state index in [1.165, 1.54) is 6.08 Å². The van der Waals surface area contributed by atoms with Crippen LogP contribution in [-0.4, -0.2) is 56.8 Å². The number of nitrogens with zero attached hydrogens (tertiary/aromatic N) is 5. The fourth-order valence-corrected chi connectivity index (χ4v) is 4.15. The van der Waals surface area contributed by atoms with Crippen molar-refractivity contribution in [3.8, 4) is 11.3 Å². The van der Waals surface area contributed by atoms with Gasteiger partial charge in [-0.05, 0) is 37.6 Å². The standard InChI is InChI=1S/C28H29N7O3/c1-5-21(34(3)23(36)7-6-16-38-4)27-33-24(25-26(29)31-14-15-35(25)27)19-8-10-20(11-9-19)28(37)32-22-17-18(2)12-13-30-22/h6-11,14-15,17,21H,5,16H2,1-4H3,(H2,29,31)(H,30,32,37)/b7-6+. The summed E-state index contributed by atoms with van der Waals surface area (Å²) in [6.45, 7) is 4.19. The molecule has 0 saturated carbocycles. The number of anilines is 2. The van der Waals surface area contributed by atoms with Gasteiger partial charge in [-0.15, -0.1) is 0 Å². The largest absolute Gasteiger partial charge is 0.382 e. The van der Waals surface area contributed by atoms with E-state index in [9.17, 15) is 9.59 Å². The average molecular weight is 512 g/mol. The number of fused-ring (bicyclic) bond motifs is 1. The Kier molecular flexibility index (Phi) is 7.99. The predicted molar refractivity (Wildman–Crippen MR) is 144 cm³/mol. The summed E-state index contributed by atoms with van der Waals surface area (Å²) in [5.74, 6) is 0.907. The summed E-state index contributed by atoms with van der Waals surface area (Å²) in [7, 11) is 3.31. The zero-order valence-corrected chi connectivity index (χ0v) is 21.7. The van der Waals surface area contributed by atoms with Crippen LogP contribution in [0.3, 0.4) is 0 Å². The normalized spacial score (nSPS) is 11.9. The minimum absolute atomic E-state index is 0.164. The highest BCUT2D eigenvalue weighted by Gasteiger charge is 2.26. The first-order valence-corrected chi connectivity index (χ1v) is 12.1. The van der Waals surface area contributed by atoms with Crippen LogP contribution in [0, 0.1) is 19.2 Å². The highest BCUT2D eigenvalue weighted by Crippen LogP contribution is 2.33. The van der Waals surface area contributed by atoms with E-state index in [-0.39, 0.29) is 17.9 Å². The van der Waals surface area contributed by atoms with Gasteiger partial charge >= 0.3 is 0 Å². The summed E-state index contributed by atoms with van der Waals surface area (Å²) in [6, 6.07) is 11.3. The Balaban J connectivity index is 1.67. The van der Waals surface area contributed by atoms with E-state index in [0.717, 1.165) is 11.1 Å². The van der Waals surface area contributed by atoms with Crippen LogP contribution in [-0.2, 0) is 9.53 Å². The van der Waals surface area contributed by atoms with Crippen LogP contribution in [0.2, 0.25) is 0 Å². The number of carbonyl (C=O) groups excluding carboxylic acids is 2. The van der Waals surface area contributed by atoms with Gasteiger partial charge in [0.2, 0.25) is 5.91 Å². The van der Waals surface area contributed by atoms with Crippen molar-refractivity contribution < 1.29 is 14.3 Å². The number of nitrogen functional groups attached to an aromatic ring is 1. The number of nitrogens with two attached hydrogens (primary N) is 1. The molecule has 10 nitrogen and oxygen atoms in total. The third kappa shape index (κ3) is 5.48. The molecule has 0 fully saturated rings. The Morgan fingerprint density at radius 1 is 1.29 bits per heavy atom. The number of imidazole rings is 1. The Morgan fingerprint density at radius 2 is 2.05 bits per heavy atom. The van der Waals surface area contributed by atoms with Crippen molar-refractivity contribution in [1.82, 2.24) is 24.3 Å². The van der Waals surface area contributed by atoms with Crippen molar-refractivity contribution in [2.45, 2.75) is 26.3 Å². The zero-order chi connectivity index (χ0) is 27.2. The summed E-state index contributed by atoms with van der Waals surface area (Å²) in [6.07, 6.45) is 9.81. The van der Waals surface area contributed by atoms with Crippen molar-refractivity contribution >= 4 is 29.0 Å². The van der Waals surface area contributed by atoms with E-state index in [1.54, 1.807) is 67.9 Å². The van der Waals surface area contributed by atoms with Gasteiger partial charge in [0.05, 0.1) is 12.6 Å². The SMILES string of the molecule is CCC(c1nc(-c2ccc(C(=O)Nc3cc(C)c#cn3)cc2)c2c(N)nccn12)N(C)C(=O)/C=C/COC. The molecule has 38 heavy (non-hydrogen) atoms. The molecule has 1 unspecified atom stereocenters. The number of methoxy groups -OCH3 is 1. The number of aryl methyl sites for hydroxylation is 1. The molecule has 0 spiro atoms. The van der Waals surface area contributed by atoms with Gasteiger partial charge in [-0.25, -0.2) is 9.97 Å². The fourth-order valence-electron chi connectivity index (χ4n) is 4.15. The minimum atomic E-state index is -0.321. The lowest BCUT2D eigenvalue weighted by Crippen LogP contribution is -2.30. The lowest BCUT2D eigenvalue weighted by atomic mass is 10.1. The molecule has 0 aliphatic carbocycles. The number of hydrogen-bond acceptors (Lipinski definition) is 7. The average Bonchev–Trinajstić information content (AvgIpc) is 3.30. The number of aromatic nitrogens is 4. The Labute approximate surface area is 221 Å². The molecule has 0 saturated heterocycles. The summed E-state index contributed by atoms with van der Waals surface area (Å²) in [5, 5.41) is 2.76. The van der Waals surface area contributed by atoms with Crippen LogP contribution in [0.4, 0.5) is 11.6 Å². The van der Waals surface area contributed by atoms with Crippen LogP contribution >= 0.6 is 0 Å². The second kappa shape index (κ2) is 11.5. The van der Waals surface area contributed by atoms with Crippen LogP contribution in [0.15, 0.2) is 54.9 Å². The van der Waals surface area contributed by atoms with Gasteiger partial charge in [0.25, 0.3) is 5.91 Å². The number of likely N-dealkylation sites (N-methyl/N-ethyl adjacent to an activating group) is 1. The zero-order valence-electron chi connectivity index (χ0n) is 21.7. The second-order valence-corrected chi connectivity index (χ2v) is 8.67. The molecule has 3 aromatic heterocycles. The second-order valence-electron chi connectivity index (χ2n) is 8.67. The molecular formula is C28H29N7O3. The van der Waals surface area contributed by atoms with Crippen molar-refractivity contribution in [3.63, 3.8) is 0 Å². The summed E-state index contributed by atoms with van der Waals surface area (Å²) < 4.78 is 6.87. The third-order valence-electron chi connectivity index (χ3n) is 6.08. The first-order chi connectivity index (χ1) is 18.3. The molecule has 3 N–H and O–H groups in total. The molecule has 0 aliphatic heterocycles. The van der Waals surface area contributed by atoms with Gasteiger partial charge in [0.1, 0.15) is 28.7 Å². The Hall–Kier alpha value is -4.75. The van der Waals surface area contributed by atoms with Gasteiger partial charge in [0.15, 0.2) is 0 Å². The predicted octanol–water partition coefficient (Wildman–Crippen LogP) is 3.65. The molecule has 1 aromatic carbocycles. The number of amides is 2. The minimum Gasteiger partial charge on any atom is -0.382 e. The van der Waals surface area contributed by atoms with Crippen LogP contribution in [0.1, 0.15) is 41.1 Å². The maximum atomic E-state index is 12.8. The molecule has 194 valence electrons. The van der Waals surface area contributed by atoms with E-state index >= 15 is 0 Å². The molecule has 0 aliphatic rings. The number of nitrogens with one attached hydrogen (secondary N) is 1. The van der Waals surface area contributed by atoms with Crippen LogP contribution < -0.4 is 11.1 Å². The number of hydrogen-bond donors (Lipinski definition) is 2. The van der Waals surface area contributed by atoms with E-state index in [1.807, 2.05) is 18.2 Å². The van der Waals surface area contributed by atoms with E-state index in [2.05, 4.69) is 27.5 Å². The van der Waals surface area contributed by atoms with Gasteiger partial charge < -0.3 is 20.7 Å². The summed E-state index contributed by atoms with van der Waals surface area (Å²) in [5.41, 5.74) is 9.56. The molecular weight excluding hydrogens is 482 g/mol. The summed E-state index contributed by atoms with van der Waals surface area (Å²) >= 11 is 0. The molecule has 3 heterocycles. The van der Waals surface area contributed by atoms with Gasteiger partial charge in [-0.3, -0.25) is 14.0 Å². The fraction of sp³-hybridized carbons (Fsp3) is 0.250. The highest BCUT2D eigenvalue weighted by atomic mass is 16.5. The molecule has 1 atom stereocenters. The first kappa shape index (κ1) is 26.3.